The van der Waals surface area contributed by atoms with E-state index in [1.165, 1.54) is 0 Å². The van der Waals surface area contributed by atoms with Crippen LogP contribution in [0.15, 0.2) is 30.3 Å². The average molecular weight is 392 g/mol. The zero-order valence-electron chi connectivity index (χ0n) is 15.6. The van der Waals surface area contributed by atoms with E-state index >= 15 is 0 Å². The van der Waals surface area contributed by atoms with Gasteiger partial charge in [-0.1, -0.05) is 37.5 Å². The molecule has 7 heteroatoms. The van der Waals surface area contributed by atoms with Crippen LogP contribution >= 0.6 is 12.6 Å². The Morgan fingerprint density at radius 3 is 2.59 bits per heavy atom. The second kappa shape index (κ2) is 11.6. The van der Waals surface area contributed by atoms with Gasteiger partial charge in [-0.25, -0.2) is 0 Å². The summed E-state index contributed by atoms with van der Waals surface area (Å²) >= 11 is 4.21. The minimum absolute atomic E-state index is 0.113. The maximum atomic E-state index is 12.7. The summed E-state index contributed by atoms with van der Waals surface area (Å²) in [6.07, 6.45) is 6.25. The monoisotopic (exact) mass is 391 g/mol. The minimum Gasteiger partial charge on any atom is -0.344 e. The van der Waals surface area contributed by atoms with E-state index in [2.05, 4.69) is 28.6 Å². The fraction of sp³-hybridized carbons (Fsp3) is 0.550. The molecule has 1 aromatic rings. The first kappa shape index (κ1) is 21.3. The van der Waals surface area contributed by atoms with Gasteiger partial charge in [-0.15, -0.1) is 0 Å². The Morgan fingerprint density at radius 1 is 1.15 bits per heavy atom. The van der Waals surface area contributed by atoms with Crippen LogP contribution in [-0.4, -0.2) is 35.6 Å². The second-order valence-corrected chi connectivity index (χ2v) is 7.30. The third-order valence-electron chi connectivity index (χ3n) is 4.62. The van der Waals surface area contributed by atoms with Crippen molar-refractivity contribution in [3.05, 3.63) is 30.3 Å². The van der Waals surface area contributed by atoms with Crippen molar-refractivity contribution in [3.63, 3.8) is 0 Å². The molecule has 1 heterocycles. The van der Waals surface area contributed by atoms with Crippen LogP contribution in [-0.2, 0) is 14.4 Å². The number of carbonyl (C=O) groups is 3. The molecule has 0 unspecified atom stereocenters. The second-order valence-electron chi connectivity index (χ2n) is 6.86. The molecule has 0 saturated carbocycles. The van der Waals surface area contributed by atoms with Gasteiger partial charge < -0.3 is 16.0 Å². The lowest BCUT2D eigenvalue weighted by atomic mass is 10.0. The number of unbranched alkanes of at least 4 members (excludes halogenated alkanes) is 3. The van der Waals surface area contributed by atoms with Crippen molar-refractivity contribution in [2.45, 2.75) is 63.5 Å². The molecule has 3 N–H and O–H groups in total. The number of benzene rings is 1. The van der Waals surface area contributed by atoms with Crippen molar-refractivity contribution >= 4 is 36.0 Å². The number of rotatable bonds is 10. The molecule has 1 aliphatic heterocycles. The highest BCUT2D eigenvalue weighted by atomic mass is 32.1. The summed E-state index contributed by atoms with van der Waals surface area (Å²) in [6.45, 7) is 0. The van der Waals surface area contributed by atoms with Crippen molar-refractivity contribution < 1.29 is 14.4 Å². The summed E-state index contributed by atoms with van der Waals surface area (Å²) in [4.78, 5) is 36.8. The van der Waals surface area contributed by atoms with E-state index in [4.69, 9.17) is 0 Å². The number of hydrogen-bond acceptors (Lipinski definition) is 4. The summed E-state index contributed by atoms with van der Waals surface area (Å²) < 4.78 is 0. The molecule has 1 aromatic carbocycles. The Hall–Kier alpha value is -2.02. The highest BCUT2D eigenvalue weighted by molar-refractivity contribution is 7.80. The molecule has 0 aromatic heterocycles. The summed E-state index contributed by atoms with van der Waals surface area (Å²) in [5.74, 6) is 0.228. The lowest BCUT2D eigenvalue weighted by Gasteiger charge is -2.25. The smallest absolute Gasteiger partial charge is 0.246 e. The standard InChI is InChI=1S/C20H29N3O3S/c24-18-13-8-12-16(22-18)20(26)23-17(11-6-1-2-7-14-27)19(25)21-15-9-4-3-5-10-15/h3-5,9-10,16-17,27H,1-2,6-8,11-14H2,(H,21,25)(H,22,24)(H,23,26)/t16-,17-/m0/s1. The highest BCUT2D eigenvalue weighted by Gasteiger charge is 2.28. The molecular weight excluding hydrogens is 362 g/mol. The van der Waals surface area contributed by atoms with Crippen molar-refractivity contribution in [1.29, 1.82) is 0 Å². The van der Waals surface area contributed by atoms with Gasteiger partial charge in [-0.2, -0.15) is 12.6 Å². The molecule has 1 fully saturated rings. The van der Waals surface area contributed by atoms with E-state index < -0.39 is 12.1 Å². The van der Waals surface area contributed by atoms with E-state index in [1.807, 2.05) is 30.3 Å². The lowest BCUT2D eigenvalue weighted by molar-refractivity contribution is -0.132. The van der Waals surface area contributed by atoms with Crippen LogP contribution in [0.2, 0.25) is 0 Å². The number of nitrogens with one attached hydrogen (secondary N) is 3. The Labute approximate surface area is 166 Å². The maximum absolute atomic E-state index is 12.7. The van der Waals surface area contributed by atoms with Crippen molar-refractivity contribution in [1.82, 2.24) is 10.6 Å². The topological polar surface area (TPSA) is 87.3 Å². The first-order valence-corrected chi connectivity index (χ1v) is 10.3. The van der Waals surface area contributed by atoms with E-state index in [9.17, 15) is 14.4 Å². The molecule has 6 nitrogen and oxygen atoms in total. The Bertz CT molecular complexity index is 624. The average Bonchev–Trinajstić information content (AvgIpc) is 2.67. The molecule has 148 valence electrons. The zero-order valence-corrected chi connectivity index (χ0v) is 16.5. The molecule has 1 saturated heterocycles. The van der Waals surface area contributed by atoms with Gasteiger partial charge in [0.05, 0.1) is 0 Å². The first-order chi connectivity index (χ1) is 13.1. The molecule has 2 atom stereocenters. The van der Waals surface area contributed by atoms with Crippen LogP contribution in [0.5, 0.6) is 0 Å². The molecular formula is C20H29N3O3S. The molecule has 3 amide bonds. The predicted molar refractivity (Wildman–Crippen MR) is 110 cm³/mol. The third-order valence-corrected chi connectivity index (χ3v) is 4.94. The summed E-state index contributed by atoms with van der Waals surface area (Å²) in [5, 5.41) is 8.40. The number of carbonyl (C=O) groups excluding carboxylic acids is 3. The number of anilines is 1. The van der Waals surface area contributed by atoms with E-state index in [0.717, 1.165) is 31.4 Å². The fourth-order valence-corrected chi connectivity index (χ4v) is 3.33. The molecule has 0 radical (unpaired) electrons. The highest BCUT2D eigenvalue weighted by Crippen LogP contribution is 2.13. The fourth-order valence-electron chi connectivity index (χ4n) is 3.11. The van der Waals surface area contributed by atoms with Gasteiger partial charge in [-0.05, 0) is 43.6 Å². The molecule has 27 heavy (non-hydrogen) atoms. The number of piperidine rings is 1. The van der Waals surface area contributed by atoms with Gasteiger partial charge >= 0.3 is 0 Å². The minimum atomic E-state index is -0.618. The van der Waals surface area contributed by atoms with Gasteiger partial charge in [0.15, 0.2) is 0 Å². The van der Waals surface area contributed by atoms with Gasteiger partial charge in [0.2, 0.25) is 17.7 Å². The Balaban J connectivity index is 1.94. The van der Waals surface area contributed by atoms with Crippen molar-refractivity contribution in [2.24, 2.45) is 0 Å². The molecule has 0 spiro atoms. The van der Waals surface area contributed by atoms with Crippen LogP contribution in [0.25, 0.3) is 0 Å². The summed E-state index contributed by atoms with van der Waals surface area (Å²) in [6, 6.07) is 8.02. The van der Waals surface area contributed by atoms with Gasteiger partial charge in [0.1, 0.15) is 12.1 Å². The van der Waals surface area contributed by atoms with Crippen molar-refractivity contribution in [3.8, 4) is 0 Å². The Kier molecular flexibility index (Phi) is 9.18. The summed E-state index contributed by atoms with van der Waals surface area (Å²) in [5.41, 5.74) is 0.697. The van der Waals surface area contributed by atoms with Crippen LogP contribution in [0.4, 0.5) is 5.69 Å². The predicted octanol–water partition coefficient (Wildman–Crippen LogP) is 2.66. The third kappa shape index (κ3) is 7.62. The molecule has 0 aliphatic carbocycles. The maximum Gasteiger partial charge on any atom is 0.246 e. The Morgan fingerprint density at radius 2 is 1.89 bits per heavy atom. The number of para-hydroxylation sites is 1. The number of thiol groups is 1. The van der Waals surface area contributed by atoms with Crippen LogP contribution in [0, 0.1) is 0 Å². The zero-order chi connectivity index (χ0) is 19.5. The summed E-state index contributed by atoms with van der Waals surface area (Å²) in [7, 11) is 0. The first-order valence-electron chi connectivity index (χ1n) is 9.66. The van der Waals surface area contributed by atoms with E-state index in [-0.39, 0.29) is 17.7 Å². The normalized spacial score (nSPS) is 17.7. The van der Waals surface area contributed by atoms with Crippen LogP contribution < -0.4 is 16.0 Å². The van der Waals surface area contributed by atoms with Crippen LogP contribution in [0.1, 0.15) is 51.4 Å². The van der Waals surface area contributed by atoms with Gasteiger partial charge in [0, 0.05) is 12.1 Å². The molecule has 2 rings (SSSR count). The lowest BCUT2D eigenvalue weighted by Crippen LogP contribution is -2.53. The van der Waals surface area contributed by atoms with Gasteiger partial charge in [-0.3, -0.25) is 14.4 Å². The van der Waals surface area contributed by atoms with E-state index in [0.29, 0.717) is 31.4 Å². The van der Waals surface area contributed by atoms with Crippen molar-refractivity contribution in [2.75, 3.05) is 11.1 Å². The molecule has 1 aliphatic rings. The van der Waals surface area contributed by atoms with Crippen LogP contribution in [0.3, 0.4) is 0 Å². The number of hydrogen-bond donors (Lipinski definition) is 4. The largest absolute Gasteiger partial charge is 0.344 e. The van der Waals surface area contributed by atoms with E-state index in [1.54, 1.807) is 0 Å². The SMILES string of the molecule is O=C1CCC[C@@H](C(=O)N[C@@H](CCCCCCS)C(=O)Nc2ccccc2)N1. The molecule has 0 bridgehead atoms. The van der Waals surface area contributed by atoms with Gasteiger partial charge in [0.25, 0.3) is 0 Å². The quantitative estimate of drug-likeness (QED) is 0.365. The number of amides is 3.